The molecule has 2 aromatic carbocycles. The Labute approximate surface area is 149 Å². The van der Waals surface area contributed by atoms with Crippen LogP contribution in [0.3, 0.4) is 0 Å². The number of carbonyl (C=O) groups excluding carboxylic acids is 1. The fourth-order valence-electron chi connectivity index (χ4n) is 3.08. The van der Waals surface area contributed by atoms with Crippen molar-refractivity contribution >= 4 is 33.4 Å². The highest BCUT2D eigenvalue weighted by Crippen LogP contribution is 2.22. The van der Waals surface area contributed by atoms with Crippen molar-refractivity contribution in [3.8, 4) is 0 Å². The second kappa shape index (κ2) is 6.84. The van der Waals surface area contributed by atoms with Gasteiger partial charge in [0.2, 0.25) is 5.91 Å². The second-order valence-corrected chi connectivity index (χ2v) is 6.16. The minimum absolute atomic E-state index is 0.0690. The lowest BCUT2D eigenvalue weighted by Crippen LogP contribution is -2.21. The number of para-hydroxylation sites is 1. The summed E-state index contributed by atoms with van der Waals surface area (Å²) >= 11 is 0. The predicted octanol–water partition coefficient (Wildman–Crippen LogP) is 3.30. The summed E-state index contributed by atoms with van der Waals surface area (Å²) in [6, 6.07) is 14.9. The van der Waals surface area contributed by atoms with E-state index >= 15 is 0 Å². The molecule has 0 aliphatic carbocycles. The van der Waals surface area contributed by atoms with Crippen molar-refractivity contribution in [3.05, 3.63) is 71.4 Å². The van der Waals surface area contributed by atoms with Gasteiger partial charge in [0.1, 0.15) is 0 Å². The van der Waals surface area contributed by atoms with Crippen molar-refractivity contribution in [1.82, 2.24) is 14.5 Å². The zero-order valence-corrected chi connectivity index (χ0v) is 14.1. The summed E-state index contributed by atoms with van der Waals surface area (Å²) in [5, 5.41) is 4.52. The van der Waals surface area contributed by atoms with Crippen LogP contribution in [0.2, 0.25) is 0 Å². The number of rotatable bonds is 5. The van der Waals surface area contributed by atoms with E-state index in [0.29, 0.717) is 30.3 Å². The Kier molecular flexibility index (Phi) is 4.23. The van der Waals surface area contributed by atoms with Crippen LogP contribution in [0.15, 0.2) is 65.8 Å². The molecule has 26 heavy (non-hydrogen) atoms. The number of hydrogen-bond acceptors (Lipinski definition) is 3. The third kappa shape index (κ3) is 3.09. The smallest absolute Gasteiger partial charge is 0.261 e. The Morgan fingerprint density at radius 3 is 2.88 bits per heavy atom. The molecule has 130 valence electrons. The number of aromatic nitrogens is 3. The quantitative estimate of drug-likeness (QED) is 0.582. The van der Waals surface area contributed by atoms with Gasteiger partial charge in [-0.15, -0.1) is 0 Å². The highest BCUT2D eigenvalue weighted by Gasteiger charge is 2.08. The van der Waals surface area contributed by atoms with Crippen molar-refractivity contribution in [3.63, 3.8) is 0 Å². The highest BCUT2D eigenvalue weighted by atomic mass is 16.1. The van der Waals surface area contributed by atoms with Gasteiger partial charge >= 0.3 is 0 Å². The predicted molar refractivity (Wildman–Crippen MR) is 102 cm³/mol. The zero-order chi connectivity index (χ0) is 17.9. The van der Waals surface area contributed by atoms with Crippen LogP contribution in [0, 0.1) is 0 Å². The van der Waals surface area contributed by atoms with Crippen molar-refractivity contribution in [1.29, 1.82) is 0 Å². The normalized spacial score (nSPS) is 11.1. The Morgan fingerprint density at radius 1 is 1.08 bits per heavy atom. The molecule has 0 aliphatic rings. The molecule has 6 heteroatoms. The molecular weight excluding hydrogens is 328 g/mol. The molecular formula is C20H18N4O2. The van der Waals surface area contributed by atoms with E-state index in [9.17, 15) is 9.59 Å². The topological polar surface area (TPSA) is 79.8 Å². The van der Waals surface area contributed by atoms with E-state index in [1.165, 1.54) is 0 Å². The summed E-state index contributed by atoms with van der Waals surface area (Å²) in [7, 11) is 0. The molecule has 0 saturated heterocycles. The van der Waals surface area contributed by atoms with E-state index in [1.807, 2.05) is 48.7 Å². The molecule has 0 bridgehead atoms. The molecule has 2 aromatic heterocycles. The summed E-state index contributed by atoms with van der Waals surface area (Å²) in [5.41, 5.74) is 2.38. The van der Waals surface area contributed by atoms with Crippen molar-refractivity contribution in [2.75, 3.05) is 5.32 Å². The van der Waals surface area contributed by atoms with Gasteiger partial charge in [-0.05, 0) is 36.8 Å². The molecule has 0 radical (unpaired) electrons. The number of aromatic amines is 1. The maximum atomic E-state index is 12.4. The molecule has 1 amide bonds. The minimum Gasteiger partial charge on any atom is -0.361 e. The van der Waals surface area contributed by atoms with Gasteiger partial charge in [-0.1, -0.05) is 18.2 Å². The Balaban J connectivity index is 1.40. The average molecular weight is 346 g/mol. The van der Waals surface area contributed by atoms with Crippen LogP contribution in [0.5, 0.6) is 0 Å². The van der Waals surface area contributed by atoms with Crippen LogP contribution >= 0.6 is 0 Å². The van der Waals surface area contributed by atoms with Crippen molar-refractivity contribution < 1.29 is 4.79 Å². The fraction of sp³-hybridized carbons (Fsp3) is 0.150. The van der Waals surface area contributed by atoms with Crippen molar-refractivity contribution in [2.24, 2.45) is 0 Å². The third-order valence-electron chi connectivity index (χ3n) is 4.40. The van der Waals surface area contributed by atoms with Gasteiger partial charge < -0.3 is 10.3 Å². The molecule has 0 saturated carbocycles. The highest BCUT2D eigenvalue weighted by molar-refractivity contribution is 6.01. The lowest BCUT2D eigenvalue weighted by atomic mass is 10.2. The molecule has 0 aliphatic heterocycles. The van der Waals surface area contributed by atoms with Gasteiger partial charge in [0.05, 0.1) is 22.9 Å². The standard InChI is InChI=1S/C20H18N4O2/c25-19(23-18-8-3-7-16-14(18)10-11-21-16)9-4-12-24-13-22-17-6-2-1-5-15(17)20(24)26/h1-3,5-8,10-11,13,21H,4,9,12H2,(H,23,25). The summed E-state index contributed by atoms with van der Waals surface area (Å²) in [6.07, 6.45) is 4.29. The first-order valence-electron chi connectivity index (χ1n) is 8.52. The van der Waals surface area contributed by atoms with Crippen LogP contribution in [0.4, 0.5) is 5.69 Å². The van der Waals surface area contributed by atoms with E-state index in [4.69, 9.17) is 0 Å². The summed E-state index contributed by atoms with van der Waals surface area (Å²) in [4.78, 5) is 32.1. The fourth-order valence-corrected chi connectivity index (χ4v) is 3.08. The van der Waals surface area contributed by atoms with E-state index < -0.39 is 0 Å². The van der Waals surface area contributed by atoms with Gasteiger partial charge in [0.15, 0.2) is 0 Å². The van der Waals surface area contributed by atoms with E-state index in [-0.39, 0.29) is 11.5 Å². The van der Waals surface area contributed by atoms with E-state index in [2.05, 4.69) is 15.3 Å². The second-order valence-electron chi connectivity index (χ2n) is 6.16. The lowest BCUT2D eigenvalue weighted by molar-refractivity contribution is -0.116. The lowest BCUT2D eigenvalue weighted by Gasteiger charge is -2.08. The van der Waals surface area contributed by atoms with Crippen LogP contribution in [-0.2, 0) is 11.3 Å². The molecule has 2 heterocycles. The summed E-state index contributed by atoms with van der Waals surface area (Å²) in [5.74, 6) is -0.0690. The molecule has 0 atom stereocenters. The molecule has 2 N–H and O–H groups in total. The first-order chi connectivity index (χ1) is 12.7. The molecule has 0 spiro atoms. The number of nitrogens with one attached hydrogen (secondary N) is 2. The van der Waals surface area contributed by atoms with E-state index in [1.54, 1.807) is 17.0 Å². The number of amides is 1. The first-order valence-corrected chi connectivity index (χ1v) is 8.52. The van der Waals surface area contributed by atoms with Crippen LogP contribution in [-0.4, -0.2) is 20.4 Å². The number of nitrogens with zero attached hydrogens (tertiary/aromatic N) is 2. The molecule has 4 rings (SSSR count). The molecule has 4 aromatic rings. The van der Waals surface area contributed by atoms with Crippen LogP contribution in [0.25, 0.3) is 21.8 Å². The SMILES string of the molecule is O=C(CCCn1cnc2ccccc2c1=O)Nc1cccc2[nH]ccc12. The van der Waals surface area contributed by atoms with Crippen LogP contribution in [0.1, 0.15) is 12.8 Å². The largest absolute Gasteiger partial charge is 0.361 e. The van der Waals surface area contributed by atoms with Gasteiger partial charge in [0, 0.05) is 30.1 Å². The summed E-state index contributed by atoms with van der Waals surface area (Å²) in [6.45, 7) is 0.457. The third-order valence-corrected chi connectivity index (χ3v) is 4.40. The maximum Gasteiger partial charge on any atom is 0.261 e. The van der Waals surface area contributed by atoms with Gasteiger partial charge in [-0.25, -0.2) is 4.98 Å². The number of aryl methyl sites for hydroxylation is 1. The minimum atomic E-state index is -0.0758. The summed E-state index contributed by atoms with van der Waals surface area (Å²) < 4.78 is 1.56. The first kappa shape index (κ1) is 16.1. The zero-order valence-electron chi connectivity index (χ0n) is 14.1. The molecule has 6 nitrogen and oxygen atoms in total. The van der Waals surface area contributed by atoms with Gasteiger partial charge in [-0.3, -0.25) is 14.2 Å². The number of H-pyrrole nitrogens is 1. The molecule has 0 fully saturated rings. The van der Waals surface area contributed by atoms with Crippen LogP contribution < -0.4 is 10.9 Å². The van der Waals surface area contributed by atoms with E-state index in [0.717, 1.165) is 16.6 Å². The van der Waals surface area contributed by atoms with Gasteiger partial charge in [0.25, 0.3) is 5.56 Å². The van der Waals surface area contributed by atoms with Gasteiger partial charge in [-0.2, -0.15) is 0 Å². The average Bonchev–Trinajstić information content (AvgIpc) is 3.14. The number of benzene rings is 2. The van der Waals surface area contributed by atoms with Crippen molar-refractivity contribution in [2.45, 2.75) is 19.4 Å². The number of fused-ring (bicyclic) bond motifs is 2. The Bertz CT molecular complexity index is 1140. The number of hydrogen-bond donors (Lipinski definition) is 2. The molecule has 0 unspecified atom stereocenters. The number of anilines is 1. The maximum absolute atomic E-state index is 12.4. The monoisotopic (exact) mass is 346 g/mol. The number of carbonyl (C=O) groups is 1. The Morgan fingerprint density at radius 2 is 1.96 bits per heavy atom. The Hall–Kier alpha value is -3.41.